The van der Waals surface area contributed by atoms with E-state index in [0.29, 0.717) is 0 Å². The molecule has 86 valence electrons. The van der Waals surface area contributed by atoms with E-state index < -0.39 is 0 Å². The Morgan fingerprint density at radius 3 is 2.94 bits per heavy atom. The predicted molar refractivity (Wildman–Crippen MR) is 63.9 cm³/mol. The second-order valence-electron chi connectivity index (χ2n) is 4.51. The molecule has 3 nitrogen and oxygen atoms in total. The fourth-order valence-electron chi connectivity index (χ4n) is 2.33. The van der Waals surface area contributed by atoms with Gasteiger partial charge in [0.15, 0.2) is 0 Å². The van der Waals surface area contributed by atoms with Crippen molar-refractivity contribution in [2.45, 2.75) is 32.9 Å². The van der Waals surface area contributed by atoms with Gasteiger partial charge in [-0.15, -0.1) is 0 Å². The van der Waals surface area contributed by atoms with E-state index in [-0.39, 0.29) is 11.9 Å². The summed E-state index contributed by atoms with van der Waals surface area (Å²) in [7, 11) is 0. The van der Waals surface area contributed by atoms with Gasteiger partial charge in [0, 0.05) is 13.1 Å². The molecule has 0 fully saturated rings. The molecule has 0 saturated carbocycles. The maximum atomic E-state index is 11.2. The van der Waals surface area contributed by atoms with Crippen LogP contribution >= 0.6 is 0 Å². The predicted octanol–water partition coefficient (Wildman–Crippen LogP) is 1.23. The van der Waals surface area contributed by atoms with Crippen LogP contribution in [0.25, 0.3) is 0 Å². The molecule has 1 amide bonds. The molecule has 1 aromatic rings. The summed E-state index contributed by atoms with van der Waals surface area (Å²) in [6.07, 6.45) is 1.01. The van der Waals surface area contributed by atoms with Crippen LogP contribution < -0.4 is 5.73 Å². The summed E-state index contributed by atoms with van der Waals surface area (Å²) < 4.78 is 0. The van der Waals surface area contributed by atoms with Gasteiger partial charge in [0.1, 0.15) is 0 Å². The largest absolute Gasteiger partial charge is 0.368 e. The Bertz CT molecular complexity index is 414. The highest BCUT2D eigenvalue weighted by Gasteiger charge is 2.24. The third-order valence-electron chi connectivity index (χ3n) is 3.49. The smallest absolute Gasteiger partial charge is 0.234 e. The van der Waals surface area contributed by atoms with Gasteiger partial charge >= 0.3 is 0 Å². The SMILES string of the molecule is Cc1cccc2c1CCN(C(C)C(N)=O)C2. The Balaban J connectivity index is 2.21. The lowest BCUT2D eigenvalue weighted by Crippen LogP contribution is -2.45. The van der Waals surface area contributed by atoms with Gasteiger partial charge in [-0.25, -0.2) is 0 Å². The lowest BCUT2D eigenvalue weighted by Gasteiger charge is -2.32. The third-order valence-corrected chi connectivity index (χ3v) is 3.49. The topological polar surface area (TPSA) is 46.3 Å². The average molecular weight is 218 g/mol. The fraction of sp³-hybridized carbons (Fsp3) is 0.462. The summed E-state index contributed by atoms with van der Waals surface area (Å²) in [6.45, 7) is 5.78. The number of carbonyl (C=O) groups excluding carboxylic acids is 1. The van der Waals surface area contributed by atoms with E-state index in [1.807, 2.05) is 6.92 Å². The van der Waals surface area contributed by atoms with E-state index >= 15 is 0 Å². The van der Waals surface area contributed by atoms with Crippen LogP contribution in [-0.2, 0) is 17.8 Å². The standard InChI is InChI=1S/C13H18N2O/c1-9-4-3-5-11-8-15(7-6-12(9)11)10(2)13(14)16/h3-5,10H,6-8H2,1-2H3,(H2,14,16). The molecule has 0 aliphatic carbocycles. The number of aryl methyl sites for hydroxylation is 1. The van der Waals surface area contributed by atoms with Crippen LogP contribution in [0.2, 0.25) is 0 Å². The summed E-state index contributed by atoms with van der Waals surface area (Å²) in [5.41, 5.74) is 9.46. The first-order chi connectivity index (χ1) is 7.59. The van der Waals surface area contributed by atoms with E-state index in [4.69, 9.17) is 5.73 Å². The van der Waals surface area contributed by atoms with Crippen molar-refractivity contribution in [3.63, 3.8) is 0 Å². The number of primary amides is 1. The van der Waals surface area contributed by atoms with Crippen molar-refractivity contribution >= 4 is 5.91 Å². The number of benzene rings is 1. The van der Waals surface area contributed by atoms with E-state index in [9.17, 15) is 4.79 Å². The van der Waals surface area contributed by atoms with Crippen LogP contribution in [0, 0.1) is 6.92 Å². The van der Waals surface area contributed by atoms with E-state index in [2.05, 4.69) is 30.0 Å². The van der Waals surface area contributed by atoms with Crippen LogP contribution in [0.1, 0.15) is 23.6 Å². The molecule has 0 aromatic heterocycles. The van der Waals surface area contributed by atoms with Crippen LogP contribution in [0.3, 0.4) is 0 Å². The van der Waals surface area contributed by atoms with Crippen molar-refractivity contribution in [3.8, 4) is 0 Å². The number of fused-ring (bicyclic) bond motifs is 1. The maximum absolute atomic E-state index is 11.2. The molecule has 1 aliphatic heterocycles. The van der Waals surface area contributed by atoms with E-state index in [1.165, 1.54) is 16.7 Å². The molecule has 1 aromatic carbocycles. The van der Waals surface area contributed by atoms with Crippen molar-refractivity contribution < 1.29 is 4.79 Å². The second kappa shape index (κ2) is 4.26. The lowest BCUT2D eigenvalue weighted by molar-refractivity contribution is -0.123. The highest BCUT2D eigenvalue weighted by Crippen LogP contribution is 2.23. The third kappa shape index (κ3) is 1.95. The van der Waals surface area contributed by atoms with Crippen molar-refractivity contribution in [3.05, 3.63) is 34.9 Å². The Morgan fingerprint density at radius 1 is 1.50 bits per heavy atom. The number of rotatable bonds is 2. The fourth-order valence-corrected chi connectivity index (χ4v) is 2.33. The van der Waals surface area contributed by atoms with E-state index in [1.54, 1.807) is 0 Å². The Kier molecular flexibility index (Phi) is 2.97. The number of nitrogens with zero attached hydrogens (tertiary/aromatic N) is 1. The molecule has 0 radical (unpaired) electrons. The first kappa shape index (κ1) is 11.1. The van der Waals surface area contributed by atoms with Crippen LogP contribution in [0.15, 0.2) is 18.2 Å². The monoisotopic (exact) mass is 218 g/mol. The minimum absolute atomic E-state index is 0.173. The van der Waals surface area contributed by atoms with Gasteiger partial charge in [0.05, 0.1) is 6.04 Å². The highest BCUT2D eigenvalue weighted by molar-refractivity contribution is 5.79. The normalized spacial score (nSPS) is 17.9. The van der Waals surface area contributed by atoms with Crippen molar-refractivity contribution in [2.24, 2.45) is 5.73 Å². The summed E-state index contributed by atoms with van der Waals surface area (Å²) in [6, 6.07) is 6.19. The van der Waals surface area contributed by atoms with Crippen molar-refractivity contribution in [1.82, 2.24) is 4.90 Å². The van der Waals surface area contributed by atoms with Crippen molar-refractivity contribution in [1.29, 1.82) is 0 Å². The molecule has 0 saturated heterocycles. The molecular formula is C13H18N2O. The van der Waals surface area contributed by atoms with Gasteiger partial charge in [-0.05, 0) is 37.0 Å². The van der Waals surface area contributed by atoms with Crippen molar-refractivity contribution in [2.75, 3.05) is 6.54 Å². The van der Waals surface area contributed by atoms with Gasteiger partial charge in [-0.1, -0.05) is 18.2 Å². The molecule has 2 N–H and O–H groups in total. The highest BCUT2D eigenvalue weighted by atomic mass is 16.1. The minimum Gasteiger partial charge on any atom is -0.368 e. The number of hydrogen-bond acceptors (Lipinski definition) is 2. The van der Waals surface area contributed by atoms with Gasteiger partial charge < -0.3 is 5.73 Å². The van der Waals surface area contributed by atoms with Gasteiger partial charge in [-0.3, -0.25) is 9.69 Å². The molecule has 0 bridgehead atoms. The number of hydrogen-bond donors (Lipinski definition) is 1. The maximum Gasteiger partial charge on any atom is 0.234 e. The van der Waals surface area contributed by atoms with Crippen LogP contribution in [0.4, 0.5) is 0 Å². The van der Waals surface area contributed by atoms with E-state index in [0.717, 1.165) is 19.5 Å². The molecule has 2 rings (SSSR count). The number of nitrogens with two attached hydrogens (primary N) is 1. The average Bonchev–Trinajstić information content (AvgIpc) is 2.28. The minimum atomic E-state index is -0.240. The summed E-state index contributed by atoms with van der Waals surface area (Å²) in [5, 5.41) is 0. The van der Waals surface area contributed by atoms with Crippen LogP contribution in [0.5, 0.6) is 0 Å². The molecular weight excluding hydrogens is 200 g/mol. The molecule has 3 heteroatoms. The van der Waals surface area contributed by atoms with Gasteiger partial charge in [-0.2, -0.15) is 0 Å². The summed E-state index contributed by atoms with van der Waals surface area (Å²) in [5.74, 6) is -0.240. The first-order valence-corrected chi connectivity index (χ1v) is 5.70. The molecule has 1 atom stereocenters. The van der Waals surface area contributed by atoms with Crippen LogP contribution in [-0.4, -0.2) is 23.4 Å². The molecule has 0 spiro atoms. The summed E-state index contributed by atoms with van der Waals surface area (Å²) in [4.78, 5) is 13.3. The zero-order valence-electron chi connectivity index (χ0n) is 9.86. The molecule has 1 heterocycles. The van der Waals surface area contributed by atoms with Gasteiger partial charge in [0.25, 0.3) is 0 Å². The molecule has 16 heavy (non-hydrogen) atoms. The Labute approximate surface area is 96.2 Å². The molecule has 1 aliphatic rings. The number of carbonyl (C=O) groups is 1. The quantitative estimate of drug-likeness (QED) is 0.811. The first-order valence-electron chi connectivity index (χ1n) is 5.70. The number of amides is 1. The second-order valence-corrected chi connectivity index (χ2v) is 4.51. The lowest BCUT2D eigenvalue weighted by atomic mass is 9.94. The Morgan fingerprint density at radius 2 is 2.25 bits per heavy atom. The Hall–Kier alpha value is -1.35. The zero-order valence-corrected chi connectivity index (χ0v) is 9.86. The van der Waals surface area contributed by atoms with Gasteiger partial charge in [0.2, 0.25) is 5.91 Å². The zero-order chi connectivity index (χ0) is 11.7. The molecule has 1 unspecified atom stereocenters. The summed E-state index contributed by atoms with van der Waals surface area (Å²) >= 11 is 0.